The number of carbonyl (C=O) groups excluding carboxylic acids is 2. The molecule has 0 amide bonds. The molecule has 1 aliphatic rings. The number of rotatable bonds is 2. The second kappa shape index (κ2) is 9.38. The highest BCUT2D eigenvalue weighted by molar-refractivity contribution is 5.98. The zero-order valence-electron chi connectivity index (χ0n) is 15.9. The molecule has 0 fully saturated rings. The summed E-state index contributed by atoms with van der Waals surface area (Å²) in [6, 6.07) is 1.25. The van der Waals surface area contributed by atoms with E-state index in [1.807, 2.05) is 0 Å². The van der Waals surface area contributed by atoms with Crippen LogP contribution in [-0.2, 0) is 9.53 Å². The van der Waals surface area contributed by atoms with E-state index in [4.69, 9.17) is 14.2 Å². The third kappa shape index (κ3) is 4.71. The first-order chi connectivity index (χ1) is 13.3. The molecule has 1 heterocycles. The zero-order valence-corrected chi connectivity index (χ0v) is 15.9. The van der Waals surface area contributed by atoms with Gasteiger partial charge in [0.2, 0.25) is 0 Å². The number of esters is 1. The molecule has 1 aliphatic heterocycles. The van der Waals surface area contributed by atoms with Gasteiger partial charge in [-0.1, -0.05) is 18.2 Å². The van der Waals surface area contributed by atoms with Gasteiger partial charge in [0.25, 0.3) is 0 Å². The molecule has 1 aromatic carbocycles. The van der Waals surface area contributed by atoms with Gasteiger partial charge in [-0.15, -0.1) is 0 Å². The predicted octanol–water partition coefficient (Wildman–Crippen LogP) is 1.61. The van der Waals surface area contributed by atoms with Crippen molar-refractivity contribution in [3.63, 3.8) is 0 Å². The highest BCUT2D eigenvalue weighted by Crippen LogP contribution is 2.40. The molecule has 3 N–H and O–H groups in total. The smallest absolute Gasteiger partial charge is 0.342 e. The maximum Gasteiger partial charge on any atom is 0.342 e. The number of phenolic OH excluding ortho intramolecular Hbond substituents is 1. The van der Waals surface area contributed by atoms with Gasteiger partial charge in [-0.05, 0) is 19.4 Å². The van der Waals surface area contributed by atoms with Crippen molar-refractivity contribution in [2.45, 2.75) is 38.1 Å². The van der Waals surface area contributed by atoms with Crippen LogP contribution in [0.3, 0.4) is 0 Å². The fraction of sp³-hybridized carbons (Fsp3) is 0.400. The average Bonchev–Trinajstić information content (AvgIpc) is 2.65. The van der Waals surface area contributed by atoms with Gasteiger partial charge in [0.15, 0.2) is 17.3 Å². The van der Waals surface area contributed by atoms with Crippen LogP contribution in [-0.4, -0.2) is 59.6 Å². The van der Waals surface area contributed by atoms with E-state index >= 15 is 0 Å². The van der Waals surface area contributed by atoms with Crippen LogP contribution in [0.1, 0.15) is 35.7 Å². The average molecular weight is 392 g/mol. The monoisotopic (exact) mass is 392 g/mol. The van der Waals surface area contributed by atoms with Crippen molar-refractivity contribution >= 4 is 17.8 Å². The number of hydrogen-bond acceptors (Lipinski definition) is 8. The summed E-state index contributed by atoms with van der Waals surface area (Å²) in [5.41, 5.74) is 0.0741. The van der Waals surface area contributed by atoms with Gasteiger partial charge < -0.3 is 29.5 Å². The molecular formula is C20H24O8. The SMILES string of the molecule is COc1cc(O)c2c(c1OC)/C=C/CC(O)C(O)C(=O)/C=C/CC(C)OC2=O. The number of ketones is 1. The molecule has 8 heteroatoms. The minimum Gasteiger partial charge on any atom is -0.507 e. The lowest BCUT2D eigenvalue weighted by atomic mass is 10.0. The van der Waals surface area contributed by atoms with Gasteiger partial charge in [0.05, 0.1) is 20.3 Å². The summed E-state index contributed by atoms with van der Waals surface area (Å²) in [6.45, 7) is 1.62. The standard InChI is InChI=1S/C20H24O8/c1-11-6-4-8-13(21)18(24)14(22)9-5-7-12-17(20(25)28-11)15(23)10-16(26-2)19(12)27-3/h4-5,7-8,10-11,14,18,22-24H,6,9H2,1-3H3/b7-5+,8-4+. The van der Waals surface area contributed by atoms with Crippen LogP contribution in [0.2, 0.25) is 0 Å². The second-order valence-corrected chi connectivity index (χ2v) is 6.33. The normalized spacial score (nSPS) is 25.8. The molecule has 152 valence electrons. The summed E-state index contributed by atoms with van der Waals surface area (Å²) in [5.74, 6) is -1.39. The first kappa shape index (κ1) is 21.5. The van der Waals surface area contributed by atoms with Crippen molar-refractivity contribution in [2.24, 2.45) is 0 Å². The first-order valence-electron chi connectivity index (χ1n) is 8.72. The van der Waals surface area contributed by atoms with Crippen LogP contribution in [0.15, 0.2) is 24.3 Å². The number of aliphatic hydroxyl groups excluding tert-OH is 2. The predicted molar refractivity (Wildman–Crippen MR) is 101 cm³/mol. The van der Waals surface area contributed by atoms with Crippen molar-refractivity contribution < 1.29 is 39.1 Å². The number of methoxy groups -OCH3 is 2. The molecule has 8 nitrogen and oxygen atoms in total. The van der Waals surface area contributed by atoms with E-state index in [9.17, 15) is 24.9 Å². The molecule has 28 heavy (non-hydrogen) atoms. The van der Waals surface area contributed by atoms with E-state index in [-0.39, 0.29) is 41.2 Å². The van der Waals surface area contributed by atoms with Crippen LogP contribution in [0.25, 0.3) is 6.08 Å². The Morgan fingerprint density at radius 1 is 1.07 bits per heavy atom. The summed E-state index contributed by atoms with van der Waals surface area (Å²) in [4.78, 5) is 24.6. The zero-order chi connectivity index (χ0) is 20.8. The third-order valence-electron chi connectivity index (χ3n) is 4.27. The Morgan fingerprint density at radius 2 is 1.75 bits per heavy atom. The number of aromatic hydroxyl groups is 1. The maximum atomic E-state index is 12.7. The Bertz CT molecular complexity index is 796. The molecule has 0 aromatic heterocycles. The van der Waals surface area contributed by atoms with E-state index in [1.165, 1.54) is 38.5 Å². The fourth-order valence-corrected chi connectivity index (χ4v) is 2.79. The number of phenols is 1. The lowest BCUT2D eigenvalue weighted by Crippen LogP contribution is -2.32. The minimum absolute atomic E-state index is 0.0766. The molecule has 2 rings (SSSR count). The Kier molecular flexibility index (Phi) is 7.19. The summed E-state index contributed by atoms with van der Waals surface area (Å²) in [5, 5.41) is 30.3. The van der Waals surface area contributed by atoms with E-state index in [1.54, 1.807) is 6.92 Å². The number of aliphatic hydroxyl groups is 2. The molecule has 3 unspecified atom stereocenters. The lowest BCUT2D eigenvalue weighted by molar-refractivity contribution is -0.127. The van der Waals surface area contributed by atoms with Gasteiger partial charge in [-0.3, -0.25) is 4.79 Å². The molecule has 0 saturated carbocycles. The van der Waals surface area contributed by atoms with Crippen molar-refractivity contribution in [2.75, 3.05) is 14.2 Å². The van der Waals surface area contributed by atoms with Crippen LogP contribution in [0, 0.1) is 0 Å². The van der Waals surface area contributed by atoms with Gasteiger partial charge in [0.1, 0.15) is 23.5 Å². The topological polar surface area (TPSA) is 123 Å². The molecule has 0 saturated heterocycles. The number of carbonyl (C=O) groups is 2. The van der Waals surface area contributed by atoms with Crippen molar-refractivity contribution in [1.29, 1.82) is 0 Å². The van der Waals surface area contributed by atoms with Gasteiger partial charge >= 0.3 is 5.97 Å². The fourth-order valence-electron chi connectivity index (χ4n) is 2.79. The Hall–Kier alpha value is -2.84. The first-order valence-corrected chi connectivity index (χ1v) is 8.72. The largest absolute Gasteiger partial charge is 0.507 e. The molecule has 3 atom stereocenters. The van der Waals surface area contributed by atoms with Gasteiger partial charge in [0, 0.05) is 18.1 Å². The van der Waals surface area contributed by atoms with Crippen molar-refractivity contribution in [1.82, 2.24) is 0 Å². The molecular weight excluding hydrogens is 368 g/mol. The molecule has 1 aromatic rings. The van der Waals surface area contributed by atoms with Crippen LogP contribution in [0.4, 0.5) is 0 Å². The van der Waals surface area contributed by atoms with Gasteiger partial charge in [-0.2, -0.15) is 0 Å². The highest BCUT2D eigenvalue weighted by Gasteiger charge is 2.26. The maximum absolute atomic E-state index is 12.7. The van der Waals surface area contributed by atoms with E-state index in [2.05, 4.69) is 0 Å². The van der Waals surface area contributed by atoms with Crippen LogP contribution >= 0.6 is 0 Å². The number of hydrogen-bond donors (Lipinski definition) is 3. The number of benzene rings is 1. The van der Waals surface area contributed by atoms with Crippen LogP contribution in [0.5, 0.6) is 17.2 Å². The van der Waals surface area contributed by atoms with Gasteiger partial charge in [-0.25, -0.2) is 4.79 Å². The van der Waals surface area contributed by atoms with Crippen molar-refractivity contribution in [3.8, 4) is 17.2 Å². The highest BCUT2D eigenvalue weighted by atomic mass is 16.5. The third-order valence-corrected chi connectivity index (χ3v) is 4.27. The minimum atomic E-state index is -1.58. The van der Waals surface area contributed by atoms with Crippen LogP contribution < -0.4 is 9.47 Å². The Morgan fingerprint density at radius 3 is 2.39 bits per heavy atom. The second-order valence-electron chi connectivity index (χ2n) is 6.33. The van der Waals surface area contributed by atoms with E-state index in [0.29, 0.717) is 0 Å². The number of ether oxygens (including phenoxy) is 3. The molecule has 0 spiro atoms. The molecule has 0 aliphatic carbocycles. The lowest BCUT2D eigenvalue weighted by Gasteiger charge is -2.18. The Labute approximate surface area is 162 Å². The molecule has 0 bridgehead atoms. The summed E-state index contributed by atoms with van der Waals surface area (Å²) in [7, 11) is 2.76. The number of fused-ring (bicyclic) bond motifs is 1. The Balaban J connectivity index is 2.58. The molecule has 0 radical (unpaired) electrons. The summed E-state index contributed by atoms with van der Waals surface area (Å²) >= 11 is 0. The summed E-state index contributed by atoms with van der Waals surface area (Å²) < 4.78 is 15.9. The van der Waals surface area contributed by atoms with Crippen molar-refractivity contribution in [3.05, 3.63) is 35.4 Å². The van der Waals surface area contributed by atoms with E-state index < -0.39 is 30.1 Å². The number of cyclic esters (lactones) is 1. The quantitative estimate of drug-likeness (QED) is 0.649. The summed E-state index contributed by atoms with van der Waals surface area (Å²) in [6.07, 6.45) is 2.09. The van der Waals surface area contributed by atoms with E-state index in [0.717, 1.165) is 6.08 Å².